The molecule has 1 rings (SSSR count). The van der Waals surface area contributed by atoms with Gasteiger partial charge >= 0.3 is 0 Å². The van der Waals surface area contributed by atoms with Crippen molar-refractivity contribution in [1.29, 1.82) is 0 Å². The summed E-state index contributed by atoms with van der Waals surface area (Å²) < 4.78 is 0. The molecule has 1 atom stereocenters. The summed E-state index contributed by atoms with van der Waals surface area (Å²) in [5.74, 6) is 0.162. The lowest BCUT2D eigenvalue weighted by atomic mass is 10.2. The lowest BCUT2D eigenvalue weighted by Crippen LogP contribution is -2.45. The zero-order valence-electron chi connectivity index (χ0n) is 12.2. The molecule has 0 aromatic heterocycles. The van der Waals surface area contributed by atoms with E-state index in [0.717, 1.165) is 4.90 Å². The second kappa shape index (κ2) is 7.20. The highest BCUT2D eigenvalue weighted by Crippen LogP contribution is 2.31. The molecule has 0 bridgehead atoms. The number of halogens is 1. The number of carbonyl (C=O) groups is 1. The van der Waals surface area contributed by atoms with E-state index >= 15 is 0 Å². The Hall–Kier alpha value is -0.670. The summed E-state index contributed by atoms with van der Waals surface area (Å²) in [7, 11) is 0. The highest BCUT2D eigenvalue weighted by atomic mass is 35.5. The van der Waals surface area contributed by atoms with Crippen LogP contribution in [0.2, 0.25) is 5.02 Å². The van der Waals surface area contributed by atoms with Crippen LogP contribution in [0.4, 0.5) is 0 Å². The smallest absolute Gasteiger partial charge is 0.236 e. The molecule has 0 aliphatic carbocycles. The van der Waals surface area contributed by atoms with Crippen molar-refractivity contribution in [2.45, 2.75) is 56.8 Å². The lowest BCUT2D eigenvalue weighted by Gasteiger charge is -2.33. The van der Waals surface area contributed by atoms with Crippen LogP contribution in [0.15, 0.2) is 29.2 Å². The van der Waals surface area contributed by atoms with Gasteiger partial charge in [-0.3, -0.25) is 4.79 Å². The second-order valence-corrected chi connectivity index (χ2v) is 6.91. The minimum Gasteiger partial charge on any atom is -0.337 e. The van der Waals surface area contributed by atoms with Gasteiger partial charge in [0.2, 0.25) is 5.91 Å². The molecule has 106 valence electrons. The van der Waals surface area contributed by atoms with Crippen molar-refractivity contribution in [3.8, 4) is 0 Å². The van der Waals surface area contributed by atoms with Gasteiger partial charge < -0.3 is 4.90 Å². The maximum Gasteiger partial charge on any atom is 0.236 e. The Labute approximate surface area is 125 Å². The quantitative estimate of drug-likeness (QED) is 0.748. The Morgan fingerprint density at radius 1 is 1.11 bits per heavy atom. The fraction of sp³-hybridized carbons (Fsp3) is 0.533. The summed E-state index contributed by atoms with van der Waals surface area (Å²) in [5, 5.41) is 0.567. The van der Waals surface area contributed by atoms with Crippen molar-refractivity contribution >= 4 is 29.3 Å². The number of rotatable bonds is 5. The van der Waals surface area contributed by atoms with Gasteiger partial charge in [-0.05, 0) is 46.8 Å². The number of thioether (sulfide) groups is 1. The predicted molar refractivity (Wildman–Crippen MR) is 83.9 cm³/mol. The molecular formula is C15H22ClNOS. The van der Waals surface area contributed by atoms with E-state index in [1.807, 2.05) is 63.8 Å². The van der Waals surface area contributed by atoms with Gasteiger partial charge in [0.25, 0.3) is 0 Å². The van der Waals surface area contributed by atoms with Crippen LogP contribution in [-0.4, -0.2) is 28.1 Å². The fourth-order valence-corrected chi connectivity index (χ4v) is 3.31. The molecular weight excluding hydrogens is 278 g/mol. The molecule has 0 saturated carbocycles. The van der Waals surface area contributed by atoms with Crippen molar-refractivity contribution in [1.82, 2.24) is 4.90 Å². The molecule has 4 heteroatoms. The first-order chi connectivity index (χ1) is 8.84. The fourth-order valence-electron chi connectivity index (χ4n) is 2.10. The van der Waals surface area contributed by atoms with E-state index in [1.165, 1.54) is 11.8 Å². The molecule has 0 N–H and O–H groups in total. The molecule has 0 spiro atoms. The summed E-state index contributed by atoms with van der Waals surface area (Å²) in [6.07, 6.45) is 0. The number of hydrogen-bond donors (Lipinski definition) is 0. The van der Waals surface area contributed by atoms with Crippen molar-refractivity contribution in [2.24, 2.45) is 0 Å². The third-order valence-corrected chi connectivity index (χ3v) is 4.46. The van der Waals surface area contributed by atoms with Gasteiger partial charge in [0, 0.05) is 17.0 Å². The standard InChI is InChI=1S/C15H22ClNOS/c1-10(2)17(11(3)4)15(18)12(5)19-14-9-7-6-8-13(14)16/h6-12H,1-5H3. The monoisotopic (exact) mass is 299 g/mol. The van der Waals surface area contributed by atoms with Crippen LogP contribution < -0.4 is 0 Å². The average Bonchev–Trinajstić information content (AvgIpc) is 2.31. The van der Waals surface area contributed by atoms with Gasteiger partial charge in [0.05, 0.1) is 10.3 Å². The molecule has 0 heterocycles. The number of amides is 1. The third kappa shape index (κ3) is 4.43. The van der Waals surface area contributed by atoms with Crippen molar-refractivity contribution in [3.63, 3.8) is 0 Å². The summed E-state index contributed by atoms with van der Waals surface area (Å²) in [6, 6.07) is 8.06. The highest BCUT2D eigenvalue weighted by Gasteiger charge is 2.26. The number of carbonyl (C=O) groups excluding carboxylic acids is 1. The molecule has 1 amide bonds. The predicted octanol–water partition coefficient (Wildman–Crippen LogP) is 4.47. The molecule has 19 heavy (non-hydrogen) atoms. The van der Waals surface area contributed by atoms with E-state index in [9.17, 15) is 4.79 Å². The molecule has 1 aromatic carbocycles. The van der Waals surface area contributed by atoms with Crippen LogP contribution in [-0.2, 0) is 4.79 Å². The molecule has 0 aliphatic rings. The van der Waals surface area contributed by atoms with Crippen molar-refractivity contribution in [3.05, 3.63) is 29.3 Å². The first-order valence-corrected chi connectivity index (χ1v) is 7.83. The van der Waals surface area contributed by atoms with Gasteiger partial charge in [0.15, 0.2) is 0 Å². The van der Waals surface area contributed by atoms with Crippen LogP contribution in [0.3, 0.4) is 0 Å². The third-order valence-electron chi connectivity index (χ3n) is 2.86. The minimum absolute atomic E-state index is 0.135. The van der Waals surface area contributed by atoms with Gasteiger partial charge in [-0.1, -0.05) is 23.7 Å². The Kier molecular flexibility index (Phi) is 6.21. The van der Waals surface area contributed by atoms with Gasteiger partial charge in [-0.2, -0.15) is 0 Å². The Morgan fingerprint density at radius 2 is 1.63 bits per heavy atom. The van der Waals surface area contributed by atoms with E-state index in [4.69, 9.17) is 11.6 Å². The van der Waals surface area contributed by atoms with E-state index in [0.29, 0.717) is 5.02 Å². The van der Waals surface area contributed by atoms with Gasteiger partial charge in [-0.25, -0.2) is 0 Å². The zero-order valence-corrected chi connectivity index (χ0v) is 13.8. The number of nitrogens with zero attached hydrogens (tertiary/aromatic N) is 1. The average molecular weight is 300 g/mol. The maximum atomic E-state index is 12.5. The van der Waals surface area contributed by atoms with Crippen LogP contribution >= 0.6 is 23.4 Å². The van der Waals surface area contributed by atoms with E-state index < -0.39 is 0 Å². The molecule has 2 nitrogen and oxygen atoms in total. The lowest BCUT2D eigenvalue weighted by molar-refractivity contribution is -0.133. The van der Waals surface area contributed by atoms with Crippen LogP contribution in [0.25, 0.3) is 0 Å². The number of benzene rings is 1. The van der Waals surface area contributed by atoms with E-state index in [2.05, 4.69) is 0 Å². The SMILES string of the molecule is CC(Sc1ccccc1Cl)C(=O)N(C(C)C)C(C)C. The van der Waals surface area contributed by atoms with Crippen molar-refractivity contribution in [2.75, 3.05) is 0 Å². The summed E-state index contributed by atoms with van der Waals surface area (Å²) in [5.41, 5.74) is 0. The Balaban J connectivity index is 2.80. The second-order valence-electron chi connectivity index (χ2n) is 5.12. The molecule has 0 aliphatic heterocycles. The Morgan fingerprint density at radius 3 is 2.11 bits per heavy atom. The summed E-state index contributed by atoms with van der Waals surface area (Å²) >= 11 is 7.65. The number of hydrogen-bond acceptors (Lipinski definition) is 2. The first-order valence-electron chi connectivity index (χ1n) is 6.58. The van der Waals surface area contributed by atoms with Crippen LogP contribution in [0, 0.1) is 0 Å². The van der Waals surface area contributed by atoms with E-state index in [1.54, 1.807) is 0 Å². The molecule has 1 unspecified atom stereocenters. The highest BCUT2D eigenvalue weighted by molar-refractivity contribution is 8.00. The summed E-state index contributed by atoms with van der Waals surface area (Å²) in [6.45, 7) is 10.1. The molecule has 0 fully saturated rings. The Bertz CT molecular complexity index is 426. The topological polar surface area (TPSA) is 20.3 Å². The van der Waals surface area contributed by atoms with Gasteiger partial charge in [0.1, 0.15) is 0 Å². The molecule has 0 saturated heterocycles. The minimum atomic E-state index is -0.135. The van der Waals surface area contributed by atoms with Crippen LogP contribution in [0.5, 0.6) is 0 Å². The largest absolute Gasteiger partial charge is 0.337 e. The normalized spacial score (nSPS) is 12.8. The maximum absolute atomic E-state index is 12.5. The molecule has 0 radical (unpaired) electrons. The first kappa shape index (κ1) is 16.4. The zero-order chi connectivity index (χ0) is 14.6. The summed E-state index contributed by atoms with van der Waals surface area (Å²) in [4.78, 5) is 15.4. The van der Waals surface area contributed by atoms with Gasteiger partial charge in [-0.15, -0.1) is 11.8 Å². The molecule has 1 aromatic rings. The van der Waals surface area contributed by atoms with Crippen LogP contribution in [0.1, 0.15) is 34.6 Å². The van der Waals surface area contributed by atoms with E-state index in [-0.39, 0.29) is 23.2 Å². The van der Waals surface area contributed by atoms with Crippen molar-refractivity contribution < 1.29 is 4.79 Å².